The van der Waals surface area contributed by atoms with Crippen LogP contribution >= 0.6 is 0 Å². The van der Waals surface area contributed by atoms with E-state index >= 15 is 0 Å². The van der Waals surface area contributed by atoms with Gasteiger partial charge in [-0.3, -0.25) is 4.79 Å². The van der Waals surface area contributed by atoms with Gasteiger partial charge in [0.05, 0.1) is 0 Å². The summed E-state index contributed by atoms with van der Waals surface area (Å²) in [5.74, 6) is -1.27. The second-order valence-electron chi connectivity index (χ2n) is 4.78. The third-order valence-electron chi connectivity index (χ3n) is 3.56. The zero-order valence-electron chi connectivity index (χ0n) is 9.89. The topological polar surface area (TPSA) is 29.1 Å². The van der Waals surface area contributed by atoms with Gasteiger partial charge >= 0.3 is 0 Å². The summed E-state index contributed by atoms with van der Waals surface area (Å²) < 4.78 is 26.5. The highest BCUT2D eigenvalue weighted by Crippen LogP contribution is 2.37. The Bertz CT molecular complexity index is 440. The maximum atomic E-state index is 13.2. The first-order chi connectivity index (χ1) is 7.95. The van der Waals surface area contributed by atoms with Crippen LogP contribution < -0.4 is 5.32 Å². The lowest BCUT2D eigenvalue weighted by atomic mass is 9.75. The number of rotatable bonds is 2. The Morgan fingerprint density at radius 1 is 1.35 bits per heavy atom. The molecule has 0 aliphatic carbocycles. The quantitative estimate of drug-likeness (QED) is 0.844. The highest BCUT2D eigenvalue weighted by atomic mass is 19.1. The molecule has 0 bridgehead atoms. The number of hydrogen-bond donors (Lipinski definition) is 1. The molecule has 92 valence electrons. The standard InChI is InChI=1S/C13H15F2NO/c1-3-11-13(2,7-12(17)16-11)8-4-9(14)6-10(15)5-8/h4-6,11H,3,7H2,1-2H3,(H,16,17). The molecule has 4 heteroatoms. The molecule has 1 saturated heterocycles. The van der Waals surface area contributed by atoms with Crippen LogP contribution in [0.15, 0.2) is 18.2 Å². The molecular weight excluding hydrogens is 224 g/mol. The van der Waals surface area contributed by atoms with Crippen LogP contribution in [0.1, 0.15) is 32.3 Å². The van der Waals surface area contributed by atoms with Crippen LogP contribution in [-0.4, -0.2) is 11.9 Å². The molecule has 2 unspecified atom stereocenters. The lowest BCUT2D eigenvalue weighted by Crippen LogP contribution is -2.37. The van der Waals surface area contributed by atoms with Gasteiger partial charge in [-0.05, 0) is 24.1 Å². The number of halogens is 2. The van der Waals surface area contributed by atoms with E-state index in [1.54, 1.807) is 0 Å². The molecule has 1 fully saturated rings. The molecule has 2 atom stereocenters. The van der Waals surface area contributed by atoms with E-state index in [9.17, 15) is 13.6 Å². The van der Waals surface area contributed by atoms with Crippen LogP contribution in [0.5, 0.6) is 0 Å². The van der Waals surface area contributed by atoms with E-state index in [4.69, 9.17) is 0 Å². The molecule has 0 saturated carbocycles. The maximum absolute atomic E-state index is 13.2. The molecular formula is C13H15F2NO. The molecule has 0 aromatic heterocycles. The largest absolute Gasteiger partial charge is 0.352 e. The van der Waals surface area contributed by atoms with Gasteiger partial charge in [0.2, 0.25) is 5.91 Å². The summed E-state index contributed by atoms with van der Waals surface area (Å²) in [6.45, 7) is 3.82. The Balaban J connectivity index is 2.46. The zero-order valence-corrected chi connectivity index (χ0v) is 9.89. The van der Waals surface area contributed by atoms with E-state index in [1.165, 1.54) is 12.1 Å². The minimum atomic E-state index is -0.601. The fourth-order valence-electron chi connectivity index (χ4n) is 2.60. The van der Waals surface area contributed by atoms with Crippen molar-refractivity contribution in [2.24, 2.45) is 0 Å². The molecule has 17 heavy (non-hydrogen) atoms. The molecule has 1 N–H and O–H groups in total. The number of carbonyl (C=O) groups is 1. The Morgan fingerprint density at radius 2 is 1.94 bits per heavy atom. The molecule has 2 nitrogen and oxygen atoms in total. The first-order valence-electron chi connectivity index (χ1n) is 5.71. The SMILES string of the molecule is CCC1NC(=O)CC1(C)c1cc(F)cc(F)c1. The van der Waals surface area contributed by atoms with E-state index in [1.807, 2.05) is 13.8 Å². The first-order valence-corrected chi connectivity index (χ1v) is 5.71. The van der Waals surface area contributed by atoms with E-state index in [0.717, 1.165) is 12.5 Å². The monoisotopic (exact) mass is 239 g/mol. The number of nitrogens with one attached hydrogen (secondary N) is 1. The Kier molecular flexibility index (Phi) is 2.89. The Morgan fingerprint density at radius 3 is 2.47 bits per heavy atom. The molecule has 1 aromatic carbocycles. The van der Waals surface area contributed by atoms with Gasteiger partial charge in [0.25, 0.3) is 0 Å². The van der Waals surface area contributed by atoms with E-state index in [-0.39, 0.29) is 18.4 Å². The Hall–Kier alpha value is -1.45. The average Bonchev–Trinajstić information content (AvgIpc) is 2.53. The zero-order chi connectivity index (χ0) is 12.6. The molecule has 1 heterocycles. The van der Waals surface area contributed by atoms with Gasteiger partial charge in [-0.1, -0.05) is 13.8 Å². The van der Waals surface area contributed by atoms with Crippen LogP contribution in [0, 0.1) is 11.6 Å². The highest BCUT2D eigenvalue weighted by molar-refractivity contribution is 5.81. The second kappa shape index (κ2) is 4.09. The summed E-state index contributed by atoms with van der Waals surface area (Å²) in [5, 5.41) is 2.85. The van der Waals surface area contributed by atoms with Gasteiger partial charge in [0.15, 0.2) is 0 Å². The predicted octanol–water partition coefficient (Wildman–Crippen LogP) is 2.52. The third-order valence-corrected chi connectivity index (χ3v) is 3.56. The van der Waals surface area contributed by atoms with Crippen molar-refractivity contribution >= 4 is 5.91 Å². The molecule has 1 amide bonds. The molecule has 1 aliphatic heterocycles. The van der Waals surface area contributed by atoms with E-state index in [0.29, 0.717) is 5.56 Å². The first kappa shape index (κ1) is 12.0. The van der Waals surface area contributed by atoms with E-state index < -0.39 is 17.0 Å². The van der Waals surface area contributed by atoms with Crippen LogP contribution in [0.3, 0.4) is 0 Å². The van der Waals surface area contributed by atoms with E-state index in [2.05, 4.69) is 5.32 Å². The van der Waals surface area contributed by atoms with Gasteiger partial charge in [0.1, 0.15) is 11.6 Å². The van der Waals surface area contributed by atoms with Gasteiger partial charge in [0, 0.05) is 23.9 Å². The predicted molar refractivity (Wildman–Crippen MR) is 60.5 cm³/mol. The fourth-order valence-corrected chi connectivity index (χ4v) is 2.60. The molecule has 0 radical (unpaired) electrons. The number of amides is 1. The highest BCUT2D eigenvalue weighted by Gasteiger charge is 2.43. The third kappa shape index (κ3) is 2.04. The van der Waals surface area contributed by atoms with Crippen LogP contribution in [0.4, 0.5) is 8.78 Å². The molecule has 1 aromatic rings. The number of carbonyl (C=O) groups excluding carboxylic acids is 1. The van der Waals surface area contributed by atoms with Crippen molar-refractivity contribution in [1.29, 1.82) is 0 Å². The summed E-state index contributed by atoms with van der Waals surface area (Å²) in [6, 6.07) is 3.40. The van der Waals surface area contributed by atoms with Crippen molar-refractivity contribution < 1.29 is 13.6 Å². The summed E-state index contributed by atoms with van der Waals surface area (Å²) in [4.78, 5) is 11.5. The van der Waals surface area contributed by atoms with Gasteiger partial charge < -0.3 is 5.32 Å². The molecule has 1 aliphatic rings. The van der Waals surface area contributed by atoms with Crippen molar-refractivity contribution in [2.75, 3.05) is 0 Å². The van der Waals surface area contributed by atoms with Gasteiger partial charge in [-0.2, -0.15) is 0 Å². The number of hydrogen-bond acceptors (Lipinski definition) is 1. The van der Waals surface area contributed by atoms with Crippen molar-refractivity contribution in [3.8, 4) is 0 Å². The summed E-state index contributed by atoms with van der Waals surface area (Å²) in [6.07, 6.45) is 1.01. The Labute approximate surface area is 99.0 Å². The smallest absolute Gasteiger partial charge is 0.221 e. The summed E-state index contributed by atoms with van der Waals surface area (Å²) in [5.41, 5.74) is 0.00889. The van der Waals surface area contributed by atoms with Crippen LogP contribution in [0.25, 0.3) is 0 Å². The van der Waals surface area contributed by atoms with Gasteiger partial charge in [-0.15, -0.1) is 0 Å². The maximum Gasteiger partial charge on any atom is 0.221 e. The molecule has 0 spiro atoms. The number of benzene rings is 1. The minimum Gasteiger partial charge on any atom is -0.352 e. The average molecular weight is 239 g/mol. The summed E-state index contributed by atoms with van der Waals surface area (Å²) >= 11 is 0. The normalized spacial score (nSPS) is 28.2. The van der Waals surface area contributed by atoms with Crippen molar-refractivity contribution in [3.05, 3.63) is 35.4 Å². The fraction of sp³-hybridized carbons (Fsp3) is 0.462. The molecule has 2 rings (SSSR count). The minimum absolute atomic E-state index is 0.0657. The lowest BCUT2D eigenvalue weighted by molar-refractivity contribution is -0.119. The summed E-state index contributed by atoms with van der Waals surface area (Å²) in [7, 11) is 0. The van der Waals surface area contributed by atoms with Crippen molar-refractivity contribution in [3.63, 3.8) is 0 Å². The van der Waals surface area contributed by atoms with Crippen molar-refractivity contribution in [1.82, 2.24) is 5.32 Å². The van der Waals surface area contributed by atoms with Crippen molar-refractivity contribution in [2.45, 2.75) is 38.1 Å². The van der Waals surface area contributed by atoms with Gasteiger partial charge in [-0.25, -0.2) is 8.78 Å². The lowest BCUT2D eigenvalue weighted by Gasteiger charge is -2.30. The second-order valence-corrected chi connectivity index (χ2v) is 4.78. The van der Waals surface area contributed by atoms with Crippen LogP contribution in [-0.2, 0) is 10.2 Å². The van der Waals surface area contributed by atoms with Crippen LogP contribution in [0.2, 0.25) is 0 Å².